The number of nitrogens with zero attached hydrogens (tertiary/aromatic N) is 1. The zero-order valence-corrected chi connectivity index (χ0v) is 12.7. The Hall–Kier alpha value is -2.74. The van der Waals surface area contributed by atoms with E-state index >= 15 is 0 Å². The van der Waals surface area contributed by atoms with Crippen molar-refractivity contribution in [3.63, 3.8) is 0 Å². The molecule has 2 nitrogen and oxygen atoms in total. The topological polar surface area (TPSA) is 30.0 Å². The summed E-state index contributed by atoms with van der Waals surface area (Å²) >= 11 is 0. The van der Waals surface area contributed by atoms with Crippen molar-refractivity contribution in [1.29, 1.82) is 0 Å². The van der Waals surface area contributed by atoms with E-state index in [9.17, 15) is 4.79 Å². The maximum atomic E-state index is 12.3. The smallest absolute Gasteiger partial charge is 0.162 e. The quantitative estimate of drug-likeness (QED) is 0.639. The van der Waals surface area contributed by atoms with Crippen LogP contribution in [0.25, 0.3) is 22.4 Å². The van der Waals surface area contributed by atoms with E-state index in [1.54, 1.807) is 6.92 Å². The number of Topliss-reactive ketones (excluding diaryl/α,β-unsaturated/α-hetero) is 1. The van der Waals surface area contributed by atoms with Gasteiger partial charge >= 0.3 is 0 Å². The molecule has 0 bridgehead atoms. The molecule has 0 amide bonds. The lowest BCUT2D eigenvalue weighted by Crippen LogP contribution is -2.04. The van der Waals surface area contributed by atoms with E-state index < -0.39 is 0 Å². The maximum absolute atomic E-state index is 12.3. The van der Waals surface area contributed by atoms with Gasteiger partial charge in [-0.15, -0.1) is 0 Å². The highest BCUT2D eigenvalue weighted by molar-refractivity contribution is 6.06. The SMILES string of the molecule is CC(=O)c1c(-c2ccccc2)cc(C)nc1-c1ccccc1. The molecule has 3 aromatic rings. The van der Waals surface area contributed by atoms with E-state index in [1.165, 1.54) is 0 Å². The van der Waals surface area contributed by atoms with Gasteiger partial charge in [0, 0.05) is 11.3 Å². The minimum atomic E-state index is 0.0326. The van der Waals surface area contributed by atoms with Gasteiger partial charge in [-0.2, -0.15) is 0 Å². The number of ketones is 1. The molecule has 0 aliphatic rings. The summed E-state index contributed by atoms with van der Waals surface area (Å²) in [6, 6.07) is 21.8. The average Bonchev–Trinajstić information content (AvgIpc) is 2.55. The number of pyridine rings is 1. The highest BCUT2D eigenvalue weighted by Crippen LogP contribution is 2.32. The second-order valence-corrected chi connectivity index (χ2v) is 5.32. The summed E-state index contributed by atoms with van der Waals surface area (Å²) in [5.41, 5.74) is 5.29. The van der Waals surface area contributed by atoms with Gasteiger partial charge in [0.2, 0.25) is 0 Å². The predicted octanol–water partition coefficient (Wildman–Crippen LogP) is 4.93. The average molecular weight is 287 g/mol. The van der Waals surface area contributed by atoms with Crippen molar-refractivity contribution >= 4 is 5.78 Å². The number of aromatic nitrogens is 1. The number of aryl methyl sites for hydroxylation is 1. The van der Waals surface area contributed by atoms with E-state index in [1.807, 2.05) is 73.7 Å². The molecule has 0 atom stereocenters. The fourth-order valence-corrected chi connectivity index (χ4v) is 2.68. The second-order valence-electron chi connectivity index (χ2n) is 5.32. The first kappa shape index (κ1) is 14.2. The van der Waals surface area contributed by atoms with Crippen LogP contribution >= 0.6 is 0 Å². The molecule has 0 radical (unpaired) electrons. The Labute approximate surface area is 130 Å². The van der Waals surface area contributed by atoms with Crippen molar-refractivity contribution in [2.75, 3.05) is 0 Å². The molecule has 0 spiro atoms. The molecule has 1 heterocycles. The van der Waals surface area contributed by atoms with E-state index in [-0.39, 0.29) is 5.78 Å². The molecule has 0 aliphatic heterocycles. The third-order valence-electron chi connectivity index (χ3n) is 3.63. The number of carbonyl (C=O) groups is 1. The van der Waals surface area contributed by atoms with Gasteiger partial charge in [-0.05, 0) is 31.0 Å². The Bertz CT molecular complexity index is 747. The molecule has 0 aliphatic carbocycles. The van der Waals surface area contributed by atoms with Crippen LogP contribution in [0.3, 0.4) is 0 Å². The number of rotatable bonds is 3. The van der Waals surface area contributed by atoms with E-state index in [0.29, 0.717) is 5.56 Å². The van der Waals surface area contributed by atoms with E-state index in [0.717, 1.165) is 28.1 Å². The zero-order valence-electron chi connectivity index (χ0n) is 12.7. The Balaban J connectivity index is 2.32. The highest BCUT2D eigenvalue weighted by atomic mass is 16.1. The molecule has 2 heteroatoms. The van der Waals surface area contributed by atoms with Crippen molar-refractivity contribution in [2.45, 2.75) is 13.8 Å². The molecule has 0 saturated carbocycles. The van der Waals surface area contributed by atoms with Crippen molar-refractivity contribution < 1.29 is 4.79 Å². The Morgan fingerprint density at radius 1 is 0.864 bits per heavy atom. The van der Waals surface area contributed by atoms with Crippen molar-refractivity contribution in [2.24, 2.45) is 0 Å². The molecule has 0 N–H and O–H groups in total. The molecule has 2 aromatic carbocycles. The molecule has 22 heavy (non-hydrogen) atoms. The van der Waals surface area contributed by atoms with Crippen LogP contribution in [0.15, 0.2) is 66.7 Å². The number of hydrogen-bond donors (Lipinski definition) is 0. The van der Waals surface area contributed by atoms with Gasteiger partial charge in [0.1, 0.15) is 0 Å². The monoisotopic (exact) mass is 287 g/mol. The molecule has 0 unspecified atom stereocenters. The van der Waals surface area contributed by atoms with Gasteiger partial charge in [0.25, 0.3) is 0 Å². The third-order valence-corrected chi connectivity index (χ3v) is 3.63. The second kappa shape index (κ2) is 5.94. The molecular weight excluding hydrogens is 270 g/mol. The van der Waals surface area contributed by atoms with Crippen molar-refractivity contribution in [3.8, 4) is 22.4 Å². The van der Waals surface area contributed by atoms with Crippen LogP contribution < -0.4 is 0 Å². The lowest BCUT2D eigenvalue weighted by molar-refractivity contribution is 0.101. The minimum Gasteiger partial charge on any atom is -0.294 e. The van der Waals surface area contributed by atoms with Crippen LogP contribution in [0.1, 0.15) is 23.0 Å². The summed E-state index contributed by atoms with van der Waals surface area (Å²) in [6.45, 7) is 3.56. The molecule has 0 saturated heterocycles. The highest BCUT2D eigenvalue weighted by Gasteiger charge is 2.17. The van der Waals surface area contributed by atoms with Gasteiger partial charge in [0.15, 0.2) is 5.78 Å². The molecule has 0 fully saturated rings. The Kier molecular flexibility index (Phi) is 3.84. The van der Waals surface area contributed by atoms with Gasteiger partial charge in [0.05, 0.1) is 11.3 Å². The number of carbonyl (C=O) groups excluding carboxylic acids is 1. The van der Waals surface area contributed by atoms with Gasteiger partial charge in [-0.1, -0.05) is 60.7 Å². The van der Waals surface area contributed by atoms with Gasteiger partial charge in [-0.3, -0.25) is 9.78 Å². The summed E-state index contributed by atoms with van der Waals surface area (Å²) in [5, 5.41) is 0. The Morgan fingerprint density at radius 2 is 1.41 bits per heavy atom. The van der Waals surface area contributed by atoms with Crippen LogP contribution in [0.4, 0.5) is 0 Å². The van der Waals surface area contributed by atoms with Gasteiger partial charge < -0.3 is 0 Å². The lowest BCUT2D eigenvalue weighted by atomic mass is 9.93. The fourth-order valence-electron chi connectivity index (χ4n) is 2.68. The summed E-state index contributed by atoms with van der Waals surface area (Å²) in [5.74, 6) is 0.0326. The standard InChI is InChI=1S/C20H17NO/c1-14-13-18(16-9-5-3-6-10-16)19(15(2)22)20(21-14)17-11-7-4-8-12-17/h3-13H,1-2H3. The van der Waals surface area contributed by atoms with Crippen molar-refractivity contribution in [1.82, 2.24) is 4.98 Å². The predicted molar refractivity (Wildman–Crippen MR) is 89.9 cm³/mol. The lowest BCUT2D eigenvalue weighted by Gasteiger charge is -2.14. The van der Waals surface area contributed by atoms with Crippen LogP contribution in [0.2, 0.25) is 0 Å². The molecular formula is C20H17NO. The first-order valence-electron chi connectivity index (χ1n) is 7.30. The fraction of sp³-hybridized carbons (Fsp3) is 0.100. The molecule has 1 aromatic heterocycles. The first-order valence-corrected chi connectivity index (χ1v) is 7.30. The summed E-state index contributed by atoms with van der Waals surface area (Å²) in [6.07, 6.45) is 0. The van der Waals surface area contributed by atoms with Crippen LogP contribution in [0.5, 0.6) is 0 Å². The number of hydrogen-bond acceptors (Lipinski definition) is 2. The van der Waals surface area contributed by atoms with Gasteiger partial charge in [-0.25, -0.2) is 0 Å². The van der Waals surface area contributed by atoms with E-state index in [4.69, 9.17) is 0 Å². The maximum Gasteiger partial charge on any atom is 0.162 e. The summed E-state index contributed by atoms with van der Waals surface area (Å²) in [7, 11) is 0. The van der Waals surface area contributed by atoms with Crippen LogP contribution in [-0.2, 0) is 0 Å². The molecule has 108 valence electrons. The normalized spacial score (nSPS) is 10.5. The van der Waals surface area contributed by atoms with Crippen molar-refractivity contribution in [3.05, 3.63) is 78.0 Å². The molecule has 3 rings (SSSR count). The van der Waals surface area contributed by atoms with Crippen LogP contribution in [0, 0.1) is 6.92 Å². The summed E-state index contributed by atoms with van der Waals surface area (Å²) < 4.78 is 0. The Morgan fingerprint density at radius 3 is 1.95 bits per heavy atom. The largest absolute Gasteiger partial charge is 0.294 e. The first-order chi connectivity index (χ1) is 10.7. The minimum absolute atomic E-state index is 0.0326. The van der Waals surface area contributed by atoms with E-state index in [2.05, 4.69) is 4.98 Å². The summed E-state index contributed by atoms with van der Waals surface area (Å²) in [4.78, 5) is 16.9. The third kappa shape index (κ3) is 2.68. The zero-order chi connectivity index (χ0) is 15.5. The van der Waals surface area contributed by atoms with Crippen LogP contribution in [-0.4, -0.2) is 10.8 Å². The number of benzene rings is 2.